The van der Waals surface area contributed by atoms with Crippen LogP contribution in [0.25, 0.3) is 44.7 Å². The second kappa shape index (κ2) is 6.50. The molecule has 0 saturated carbocycles. The predicted molar refractivity (Wildman–Crippen MR) is 125 cm³/mol. The fourth-order valence-electron chi connectivity index (χ4n) is 4.64. The summed E-state index contributed by atoms with van der Waals surface area (Å²) in [4.78, 5) is 27.4. The summed E-state index contributed by atoms with van der Waals surface area (Å²) in [5, 5.41) is 8.63. The Hall–Kier alpha value is -4.00. The van der Waals surface area contributed by atoms with Gasteiger partial charge in [0, 0.05) is 23.7 Å². The number of amides is 1. The third kappa shape index (κ3) is 2.54. The number of hydrogen-bond donors (Lipinski definition) is 2. The number of carbonyl (C=O) groups excluding carboxylic acids is 1. The molecule has 7 nitrogen and oxygen atoms in total. The van der Waals surface area contributed by atoms with Gasteiger partial charge in [0.15, 0.2) is 5.82 Å². The Morgan fingerprint density at radius 2 is 1.94 bits per heavy atom. The Morgan fingerprint density at radius 3 is 2.72 bits per heavy atom. The van der Waals surface area contributed by atoms with E-state index in [-0.39, 0.29) is 5.91 Å². The van der Waals surface area contributed by atoms with Crippen LogP contribution < -0.4 is 4.90 Å². The van der Waals surface area contributed by atoms with Crippen LogP contribution in [-0.4, -0.2) is 37.6 Å². The number of H-pyrrole nitrogens is 2. The van der Waals surface area contributed by atoms with Gasteiger partial charge >= 0.3 is 0 Å². The molecule has 0 fully saturated rings. The summed E-state index contributed by atoms with van der Waals surface area (Å²) in [5.74, 6) is 0.823. The molecule has 7 heteroatoms. The Bertz CT molecular complexity index is 1510. The van der Waals surface area contributed by atoms with Crippen LogP contribution in [0, 0.1) is 0 Å². The summed E-state index contributed by atoms with van der Waals surface area (Å²) in [5.41, 5.74) is 6.75. The number of imidazole rings is 1. The van der Waals surface area contributed by atoms with Gasteiger partial charge in [0.2, 0.25) is 5.91 Å². The molecular formula is C25H22N6O. The summed E-state index contributed by atoms with van der Waals surface area (Å²) < 4.78 is 0. The third-order valence-electron chi connectivity index (χ3n) is 6.41. The number of rotatable bonds is 3. The molecule has 0 saturated heterocycles. The highest BCUT2D eigenvalue weighted by molar-refractivity contribution is 6.09. The molecule has 2 aromatic carbocycles. The SMILES string of the molecule is CCN1C(=O)C(C)(C)c2cc3nc(-c4n[nH]c5ccc(-c6ccccn6)cc45)[nH]c3cc21. The molecule has 6 rings (SSSR count). The highest BCUT2D eigenvalue weighted by atomic mass is 16.2. The fraction of sp³-hybridized carbons (Fsp3) is 0.200. The van der Waals surface area contributed by atoms with Gasteiger partial charge in [0.1, 0.15) is 5.69 Å². The smallest absolute Gasteiger partial charge is 0.237 e. The highest BCUT2D eigenvalue weighted by Gasteiger charge is 2.43. The van der Waals surface area contributed by atoms with E-state index in [1.54, 1.807) is 6.20 Å². The summed E-state index contributed by atoms with van der Waals surface area (Å²) in [7, 11) is 0. The van der Waals surface area contributed by atoms with Gasteiger partial charge in [-0.1, -0.05) is 12.1 Å². The molecule has 0 unspecified atom stereocenters. The molecule has 3 aromatic heterocycles. The van der Waals surface area contributed by atoms with Gasteiger partial charge in [-0.3, -0.25) is 14.9 Å². The molecule has 5 aromatic rings. The van der Waals surface area contributed by atoms with Crippen molar-refractivity contribution in [3.05, 3.63) is 60.3 Å². The maximum atomic E-state index is 12.8. The molecule has 0 spiro atoms. The first kappa shape index (κ1) is 18.7. The van der Waals surface area contributed by atoms with E-state index in [1.165, 1.54) is 0 Å². The van der Waals surface area contributed by atoms with Crippen molar-refractivity contribution in [3.63, 3.8) is 0 Å². The molecule has 32 heavy (non-hydrogen) atoms. The van der Waals surface area contributed by atoms with Crippen LogP contribution in [-0.2, 0) is 10.2 Å². The van der Waals surface area contributed by atoms with Crippen molar-refractivity contribution in [2.75, 3.05) is 11.4 Å². The maximum Gasteiger partial charge on any atom is 0.237 e. The lowest BCUT2D eigenvalue weighted by molar-refractivity contribution is -0.122. The first-order chi connectivity index (χ1) is 15.5. The molecule has 158 valence electrons. The summed E-state index contributed by atoms with van der Waals surface area (Å²) in [6, 6.07) is 16.1. The number of benzene rings is 2. The van der Waals surface area contributed by atoms with E-state index in [0.29, 0.717) is 12.4 Å². The zero-order valence-electron chi connectivity index (χ0n) is 18.1. The number of fused-ring (bicyclic) bond motifs is 3. The molecule has 0 atom stereocenters. The van der Waals surface area contributed by atoms with Crippen molar-refractivity contribution >= 4 is 33.5 Å². The lowest BCUT2D eigenvalue weighted by Crippen LogP contribution is -2.35. The number of hydrogen-bond acceptors (Lipinski definition) is 4. The first-order valence-corrected chi connectivity index (χ1v) is 10.7. The number of aromatic amines is 2. The van der Waals surface area contributed by atoms with E-state index in [1.807, 2.05) is 68.1 Å². The van der Waals surface area contributed by atoms with Gasteiger partial charge < -0.3 is 9.88 Å². The van der Waals surface area contributed by atoms with Crippen LogP contribution in [0.2, 0.25) is 0 Å². The van der Waals surface area contributed by atoms with Crippen LogP contribution in [0.5, 0.6) is 0 Å². The van der Waals surface area contributed by atoms with Crippen molar-refractivity contribution < 1.29 is 4.79 Å². The number of carbonyl (C=O) groups is 1. The van der Waals surface area contributed by atoms with E-state index in [0.717, 1.165) is 50.1 Å². The molecule has 0 radical (unpaired) electrons. The van der Waals surface area contributed by atoms with Crippen molar-refractivity contribution in [1.82, 2.24) is 25.1 Å². The van der Waals surface area contributed by atoms with Gasteiger partial charge in [0.05, 0.1) is 33.3 Å². The molecule has 1 aliphatic rings. The normalized spacial score (nSPS) is 15.1. The zero-order chi connectivity index (χ0) is 22.0. The van der Waals surface area contributed by atoms with Crippen molar-refractivity contribution in [3.8, 4) is 22.8 Å². The third-order valence-corrected chi connectivity index (χ3v) is 6.41. The number of nitrogens with one attached hydrogen (secondary N) is 2. The van der Waals surface area contributed by atoms with Gasteiger partial charge in [-0.25, -0.2) is 4.98 Å². The molecule has 0 aliphatic carbocycles. The Kier molecular flexibility index (Phi) is 3.81. The Balaban J connectivity index is 1.50. The standard InChI is InChI=1S/C25H22N6O/c1-4-31-21-13-20-19(12-16(21)25(2,3)24(31)32)27-23(28-20)22-15-11-14(8-9-18(15)29-30-22)17-7-5-6-10-26-17/h5-13H,4H2,1-3H3,(H,27,28)(H,29,30). The number of aromatic nitrogens is 5. The average molecular weight is 422 g/mol. The van der Waals surface area contributed by atoms with Crippen molar-refractivity contribution in [2.24, 2.45) is 0 Å². The second-order valence-electron chi connectivity index (χ2n) is 8.69. The maximum absolute atomic E-state index is 12.8. The van der Waals surface area contributed by atoms with E-state index in [9.17, 15) is 4.79 Å². The lowest BCUT2D eigenvalue weighted by atomic mass is 9.86. The predicted octanol–water partition coefficient (Wildman–Crippen LogP) is 4.81. The first-order valence-electron chi connectivity index (χ1n) is 10.7. The van der Waals surface area contributed by atoms with Gasteiger partial charge in [0.25, 0.3) is 0 Å². The van der Waals surface area contributed by atoms with E-state index >= 15 is 0 Å². The quantitative estimate of drug-likeness (QED) is 0.436. The number of likely N-dealkylation sites (N-methyl/N-ethyl adjacent to an activating group) is 1. The van der Waals surface area contributed by atoms with E-state index in [4.69, 9.17) is 4.98 Å². The minimum absolute atomic E-state index is 0.128. The monoisotopic (exact) mass is 422 g/mol. The zero-order valence-corrected chi connectivity index (χ0v) is 18.1. The lowest BCUT2D eigenvalue weighted by Gasteiger charge is -2.18. The minimum Gasteiger partial charge on any atom is -0.337 e. The molecule has 0 bridgehead atoms. The van der Waals surface area contributed by atoms with Gasteiger partial charge in [-0.05, 0) is 62.7 Å². The molecule has 1 aliphatic heterocycles. The van der Waals surface area contributed by atoms with Gasteiger partial charge in [-0.15, -0.1) is 0 Å². The van der Waals surface area contributed by atoms with Crippen LogP contribution >= 0.6 is 0 Å². The van der Waals surface area contributed by atoms with Crippen molar-refractivity contribution in [2.45, 2.75) is 26.2 Å². The summed E-state index contributed by atoms with van der Waals surface area (Å²) in [6.45, 7) is 6.59. The number of anilines is 1. The number of nitrogens with zero attached hydrogens (tertiary/aromatic N) is 4. The van der Waals surface area contributed by atoms with Crippen LogP contribution in [0.4, 0.5) is 5.69 Å². The summed E-state index contributed by atoms with van der Waals surface area (Å²) >= 11 is 0. The molecular weight excluding hydrogens is 400 g/mol. The molecule has 4 heterocycles. The Morgan fingerprint density at radius 1 is 1.06 bits per heavy atom. The van der Waals surface area contributed by atoms with Crippen LogP contribution in [0.15, 0.2) is 54.7 Å². The molecule has 2 N–H and O–H groups in total. The minimum atomic E-state index is -0.560. The largest absolute Gasteiger partial charge is 0.337 e. The van der Waals surface area contributed by atoms with Crippen molar-refractivity contribution in [1.29, 1.82) is 0 Å². The van der Waals surface area contributed by atoms with Crippen LogP contribution in [0.1, 0.15) is 26.3 Å². The van der Waals surface area contributed by atoms with Crippen LogP contribution in [0.3, 0.4) is 0 Å². The van der Waals surface area contributed by atoms with Gasteiger partial charge in [-0.2, -0.15) is 5.10 Å². The Labute approximate surface area is 184 Å². The topological polar surface area (TPSA) is 90.6 Å². The van der Waals surface area contributed by atoms with E-state index < -0.39 is 5.41 Å². The average Bonchev–Trinajstić information content (AvgIpc) is 3.46. The highest BCUT2D eigenvalue weighted by Crippen LogP contribution is 2.43. The molecule has 1 amide bonds. The second-order valence-corrected chi connectivity index (χ2v) is 8.69. The van der Waals surface area contributed by atoms with E-state index in [2.05, 4.69) is 26.2 Å². The summed E-state index contributed by atoms with van der Waals surface area (Å²) in [6.07, 6.45) is 1.79. The fourth-order valence-corrected chi connectivity index (χ4v) is 4.64. The number of pyridine rings is 1.